The molecule has 2 fully saturated rings. The van der Waals surface area contributed by atoms with Crippen LogP contribution in [-0.4, -0.2) is 32.9 Å². The molecule has 0 aliphatic heterocycles. The van der Waals surface area contributed by atoms with Gasteiger partial charge in [-0.25, -0.2) is 13.1 Å². The molecule has 2 rings (SSSR count). The normalized spacial score (nSPS) is 28.0. The highest BCUT2D eigenvalue weighted by molar-refractivity contribution is 7.89. The molecule has 5 nitrogen and oxygen atoms in total. The Morgan fingerprint density at radius 1 is 1.33 bits per heavy atom. The van der Waals surface area contributed by atoms with Gasteiger partial charge in [-0.05, 0) is 32.6 Å². The lowest BCUT2D eigenvalue weighted by Gasteiger charge is -2.57. The summed E-state index contributed by atoms with van der Waals surface area (Å²) >= 11 is 0. The third-order valence-electron chi connectivity index (χ3n) is 4.96. The first kappa shape index (κ1) is 16.7. The van der Waals surface area contributed by atoms with Crippen LogP contribution in [0.5, 0.6) is 0 Å². The van der Waals surface area contributed by atoms with Gasteiger partial charge in [0.05, 0.1) is 17.9 Å². The fraction of sp³-hybridized carbons (Fsp3) is 0.933. The van der Waals surface area contributed by atoms with Gasteiger partial charge >= 0.3 is 0 Å². The number of nitrogens with one attached hydrogen (secondary N) is 1. The molecule has 1 spiro atoms. The SMILES string of the molecule is CCO[C@H]1C[C@@H](NS(=O)(=O)CCCC#N)C12CCCCC2. The largest absolute Gasteiger partial charge is 0.378 e. The Labute approximate surface area is 128 Å². The van der Waals surface area contributed by atoms with E-state index in [4.69, 9.17) is 10.00 Å². The van der Waals surface area contributed by atoms with Crippen LogP contribution < -0.4 is 4.72 Å². The maximum absolute atomic E-state index is 12.1. The number of rotatable bonds is 7. The average molecular weight is 314 g/mol. The summed E-state index contributed by atoms with van der Waals surface area (Å²) in [6, 6.07) is 2.01. The number of ether oxygens (including phenoxy) is 1. The van der Waals surface area contributed by atoms with E-state index >= 15 is 0 Å². The maximum atomic E-state index is 12.1. The van der Waals surface area contributed by atoms with Gasteiger partial charge in [0, 0.05) is 24.5 Å². The smallest absolute Gasteiger partial charge is 0.211 e. The third-order valence-corrected chi connectivity index (χ3v) is 6.43. The van der Waals surface area contributed by atoms with E-state index in [9.17, 15) is 8.42 Å². The highest BCUT2D eigenvalue weighted by Crippen LogP contribution is 2.53. The molecule has 0 radical (unpaired) electrons. The van der Waals surface area contributed by atoms with Crippen LogP contribution in [-0.2, 0) is 14.8 Å². The Kier molecular flexibility index (Phi) is 5.64. The minimum absolute atomic E-state index is 0.0105. The zero-order chi connectivity index (χ0) is 15.3. The topological polar surface area (TPSA) is 79.2 Å². The summed E-state index contributed by atoms with van der Waals surface area (Å²) in [5.41, 5.74) is 0.0105. The van der Waals surface area contributed by atoms with E-state index < -0.39 is 10.0 Å². The first-order chi connectivity index (χ1) is 10.0. The first-order valence-electron chi connectivity index (χ1n) is 8.02. The number of nitriles is 1. The number of sulfonamides is 1. The fourth-order valence-electron chi connectivity index (χ4n) is 3.85. The Morgan fingerprint density at radius 2 is 2.05 bits per heavy atom. The molecule has 0 saturated heterocycles. The highest BCUT2D eigenvalue weighted by Gasteiger charge is 2.56. The molecular weight excluding hydrogens is 288 g/mol. The Balaban J connectivity index is 1.98. The lowest BCUT2D eigenvalue weighted by molar-refractivity contribution is -0.144. The van der Waals surface area contributed by atoms with E-state index in [2.05, 4.69) is 4.72 Å². The quantitative estimate of drug-likeness (QED) is 0.731. The van der Waals surface area contributed by atoms with Crippen molar-refractivity contribution in [2.24, 2.45) is 5.41 Å². The Morgan fingerprint density at radius 3 is 2.67 bits per heavy atom. The summed E-state index contributed by atoms with van der Waals surface area (Å²) in [5.74, 6) is 0.0481. The van der Waals surface area contributed by atoms with Crippen LogP contribution in [0.25, 0.3) is 0 Å². The van der Waals surface area contributed by atoms with Gasteiger partial charge in [0.1, 0.15) is 0 Å². The molecule has 0 unspecified atom stereocenters. The zero-order valence-electron chi connectivity index (χ0n) is 12.8. The molecule has 0 heterocycles. The predicted molar refractivity (Wildman–Crippen MR) is 81.1 cm³/mol. The zero-order valence-corrected chi connectivity index (χ0v) is 13.6. The molecular formula is C15H26N2O3S. The summed E-state index contributed by atoms with van der Waals surface area (Å²) in [7, 11) is -3.28. The van der Waals surface area contributed by atoms with Crippen LogP contribution in [0.4, 0.5) is 0 Å². The van der Waals surface area contributed by atoms with Crippen molar-refractivity contribution >= 4 is 10.0 Å². The Hall–Kier alpha value is -0.640. The Bertz CT molecular complexity index is 478. The van der Waals surface area contributed by atoms with Crippen molar-refractivity contribution in [1.29, 1.82) is 5.26 Å². The molecule has 2 atom stereocenters. The number of hydrogen-bond donors (Lipinski definition) is 1. The molecule has 0 amide bonds. The van der Waals surface area contributed by atoms with Gasteiger partial charge in [0.2, 0.25) is 10.0 Å². The number of hydrogen-bond acceptors (Lipinski definition) is 4. The van der Waals surface area contributed by atoms with Crippen molar-refractivity contribution in [2.75, 3.05) is 12.4 Å². The molecule has 2 saturated carbocycles. The van der Waals surface area contributed by atoms with Gasteiger partial charge in [0.15, 0.2) is 0 Å². The van der Waals surface area contributed by atoms with Gasteiger partial charge in [-0.3, -0.25) is 0 Å². The maximum Gasteiger partial charge on any atom is 0.211 e. The van der Waals surface area contributed by atoms with Gasteiger partial charge in [-0.15, -0.1) is 0 Å². The highest BCUT2D eigenvalue weighted by atomic mass is 32.2. The van der Waals surface area contributed by atoms with E-state index in [1.807, 2.05) is 13.0 Å². The van der Waals surface area contributed by atoms with Crippen molar-refractivity contribution in [1.82, 2.24) is 4.72 Å². The van der Waals surface area contributed by atoms with Crippen LogP contribution in [0.2, 0.25) is 0 Å². The minimum Gasteiger partial charge on any atom is -0.378 e. The van der Waals surface area contributed by atoms with Gasteiger partial charge < -0.3 is 4.74 Å². The van der Waals surface area contributed by atoms with E-state index in [0.29, 0.717) is 13.0 Å². The molecule has 6 heteroatoms. The van der Waals surface area contributed by atoms with Crippen LogP contribution in [0.3, 0.4) is 0 Å². The molecule has 120 valence electrons. The lowest BCUT2D eigenvalue weighted by atomic mass is 9.55. The molecule has 0 bridgehead atoms. The van der Waals surface area contributed by atoms with Crippen LogP contribution >= 0.6 is 0 Å². The first-order valence-corrected chi connectivity index (χ1v) is 9.68. The summed E-state index contributed by atoms with van der Waals surface area (Å²) in [6.07, 6.45) is 7.36. The van der Waals surface area contributed by atoms with E-state index in [1.165, 1.54) is 6.42 Å². The third kappa shape index (κ3) is 3.77. The molecule has 1 N–H and O–H groups in total. The van der Waals surface area contributed by atoms with Crippen LogP contribution in [0.15, 0.2) is 0 Å². The monoisotopic (exact) mass is 314 g/mol. The van der Waals surface area contributed by atoms with Gasteiger partial charge in [0.25, 0.3) is 0 Å². The van der Waals surface area contributed by atoms with Crippen LogP contribution in [0.1, 0.15) is 58.3 Å². The summed E-state index contributed by atoms with van der Waals surface area (Å²) in [4.78, 5) is 0. The number of nitrogens with zero attached hydrogens (tertiary/aromatic N) is 1. The second-order valence-electron chi connectivity index (χ2n) is 6.22. The lowest BCUT2D eigenvalue weighted by Crippen LogP contribution is -2.65. The molecule has 2 aliphatic rings. The molecule has 0 aromatic carbocycles. The van der Waals surface area contributed by atoms with Crippen molar-refractivity contribution in [3.05, 3.63) is 0 Å². The second kappa shape index (κ2) is 7.08. The summed E-state index contributed by atoms with van der Waals surface area (Å²) < 4.78 is 33.0. The fourth-order valence-corrected chi connectivity index (χ4v) is 5.25. The molecule has 0 aromatic rings. The average Bonchev–Trinajstić information content (AvgIpc) is 2.47. The van der Waals surface area contributed by atoms with Crippen molar-refractivity contribution in [3.8, 4) is 6.07 Å². The summed E-state index contributed by atoms with van der Waals surface area (Å²) in [6.45, 7) is 2.68. The van der Waals surface area contributed by atoms with Crippen molar-refractivity contribution < 1.29 is 13.2 Å². The van der Waals surface area contributed by atoms with Gasteiger partial charge in [-0.1, -0.05) is 19.3 Å². The van der Waals surface area contributed by atoms with Crippen molar-refractivity contribution in [3.63, 3.8) is 0 Å². The van der Waals surface area contributed by atoms with E-state index in [1.54, 1.807) is 0 Å². The number of unbranched alkanes of at least 4 members (excludes halogenated alkanes) is 1. The molecule has 21 heavy (non-hydrogen) atoms. The molecule has 2 aliphatic carbocycles. The van der Waals surface area contributed by atoms with Crippen molar-refractivity contribution in [2.45, 2.75) is 70.4 Å². The standard InChI is InChI=1S/C15H26N2O3S/c1-2-20-14-12-13(15(14)8-4-3-5-9-15)17-21(18,19)11-7-6-10-16/h13-14,17H,2-9,11-12H2,1H3/t13-,14+/m1/s1. The van der Waals surface area contributed by atoms with E-state index in [-0.39, 0.29) is 29.7 Å². The van der Waals surface area contributed by atoms with E-state index in [0.717, 1.165) is 32.1 Å². The van der Waals surface area contributed by atoms with Gasteiger partial charge in [-0.2, -0.15) is 5.26 Å². The van der Waals surface area contributed by atoms with Crippen LogP contribution in [0, 0.1) is 16.7 Å². The predicted octanol–water partition coefficient (Wildman–Crippen LogP) is 2.34. The second-order valence-corrected chi connectivity index (χ2v) is 8.10. The molecule has 0 aromatic heterocycles. The summed E-state index contributed by atoms with van der Waals surface area (Å²) in [5, 5.41) is 8.51. The minimum atomic E-state index is -3.28.